The van der Waals surface area contributed by atoms with Crippen molar-refractivity contribution in [1.29, 1.82) is 5.26 Å². The minimum Gasteiger partial charge on any atom is -0.336 e. The fourth-order valence-electron chi connectivity index (χ4n) is 9.18. The van der Waals surface area contributed by atoms with Gasteiger partial charge in [0.05, 0.1) is 11.6 Å². The molecule has 10 aromatic carbocycles. The summed E-state index contributed by atoms with van der Waals surface area (Å²) in [6.07, 6.45) is 0. The molecule has 2 nitrogen and oxygen atoms in total. The van der Waals surface area contributed by atoms with Crippen LogP contribution in [0.25, 0.3) is 87.6 Å². The third kappa shape index (κ3) is 4.95. The van der Waals surface area contributed by atoms with E-state index < -0.39 is 0 Å². The van der Waals surface area contributed by atoms with Gasteiger partial charge in [-0.3, -0.25) is 0 Å². The first kappa shape index (κ1) is 32.0. The summed E-state index contributed by atoms with van der Waals surface area (Å²) in [5.41, 5.74) is 14.0. The van der Waals surface area contributed by atoms with Crippen LogP contribution in [0.15, 0.2) is 194 Å². The lowest BCUT2D eigenvalue weighted by Gasteiger charge is -2.32. The summed E-state index contributed by atoms with van der Waals surface area (Å²) in [5.74, 6) is 0. The van der Waals surface area contributed by atoms with Gasteiger partial charge >= 0.3 is 0 Å². The molecule has 11 rings (SSSR count). The molecule has 10 aromatic rings. The normalized spacial score (nSPS) is 12.2. The molecule has 1 aliphatic rings. The molecule has 56 heavy (non-hydrogen) atoms. The zero-order valence-electron chi connectivity index (χ0n) is 30.6. The SMILES string of the molecule is N#Cc1ccc2c3c1ccc1c(-c4ccc(-c5ccc6c(-c7ccccc7)c7ccccc7c(-c7ccccc7)c6c5)cc4)ccc(c13)N(c1ccccc1)C2. The molecule has 0 amide bonds. The first-order chi connectivity index (χ1) is 27.7. The fourth-order valence-corrected chi connectivity index (χ4v) is 9.18. The largest absolute Gasteiger partial charge is 0.336 e. The Morgan fingerprint density at radius 3 is 1.62 bits per heavy atom. The second-order valence-electron chi connectivity index (χ2n) is 14.7. The standard InChI is InChI=1S/C54H34N2/c55-33-40-24-25-41-34-56(42-16-8-3-9-17-42)50-31-30-43(47-29-28-44(40)53(41)54(47)50)36-22-20-35(21-23-36)39-26-27-48-49(32-39)52(38-14-6-2-7-15-38)46-19-11-10-18-45(46)51(48)37-12-4-1-5-13-37/h1-32H,34H2. The van der Waals surface area contributed by atoms with Gasteiger partial charge in [-0.1, -0.05) is 164 Å². The molecule has 0 radical (unpaired) electrons. The van der Waals surface area contributed by atoms with Crippen LogP contribution in [0.4, 0.5) is 11.4 Å². The van der Waals surface area contributed by atoms with Gasteiger partial charge in [-0.25, -0.2) is 0 Å². The Balaban J connectivity index is 1.08. The molecule has 1 aliphatic heterocycles. The summed E-state index contributed by atoms with van der Waals surface area (Å²) in [7, 11) is 0. The molecule has 2 heteroatoms. The van der Waals surface area contributed by atoms with Crippen molar-refractivity contribution in [2.75, 3.05) is 4.90 Å². The van der Waals surface area contributed by atoms with Gasteiger partial charge in [-0.15, -0.1) is 0 Å². The third-order valence-electron chi connectivity index (χ3n) is 11.7. The van der Waals surface area contributed by atoms with Crippen LogP contribution >= 0.6 is 0 Å². The van der Waals surface area contributed by atoms with Crippen LogP contribution in [-0.2, 0) is 6.54 Å². The van der Waals surface area contributed by atoms with E-state index in [0.29, 0.717) is 5.56 Å². The van der Waals surface area contributed by atoms with Crippen molar-refractivity contribution < 1.29 is 0 Å². The van der Waals surface area contributed by atoms with E-state index in [1.54, 1.807) is 0 Å². The van der Waals surface area contributed by atoms with E-state index >= 15 is 0 Å². The smallest absolute Gasteiger partial charge is 0.0998 e. The molecule has 0 unspecified atom stereocenters. The Morgan fingerprint density at radius 2 is 0.946 bits per heavy atom. The molecule has 0 fully saturated rings. The van der Waals surface area contributed by atoms with Gasteiger partial charge in [0, 0.05) is 28.7 Å². The predicted molar refractivity (Wildman–Crippen MR) is 235 cm³/mol. The molecule has 0 N–H and O–H groups in total. The monoisotopic (exact) mass is 710 g/mol. The lowest BCUT2D eigenvalue weighted by Crippen LogP contribution is -2.20. The van der Waals surface area contributed by atoms with Crippen molar-refractivity contribution in [3.8, 4) is 50.6 Å². The second-order valence-corrected chi connectivity index (χ2v) is 14.7. The van der Waals surface area contributed by atoms with Crippen molar-refractivity contribution in [2.24, 2.45) is 0 Å². The molecule has 0 spiro atoms. The van der Waals surface area contributed by atoms with E-state index in [1.165, 1.54) is 87.9 Å². The van der Waals surface area contributed by atoms with Crippen molar-refractivity contribution in [3.05, 3.63) is 205 Å². The zero-order valence-corrected chi connectivity index (χ0v) is 30.6. The molecule has 0 saturated heterocycles. The van der Waals surface area contributed by atoms with E-state index in [-0.39, 0.29) is 0 Å². The Morgan fingerprint density at radius 1 is 0.393 bits per heavy atom. The summed E-state index contributed by atoms with van der Waals surface area (Å²) in [6.45, 7) is 0.757. The van der Waals surface area contributed by atoms with Gasteiger partial charge in [0.15, 0.2) is 0 Å². The number of para-hydroxylation sites is 1. The maximum atomic E-state index is 10.1. The van der Waals surface area contributed by atoms with Crippen molar-refractivity contribution in [2.45, 2.75) is 6.54 Å². The quantitative estimate of drug-likeness (QED) is 0.131. The molecule has 1 heterocycles. The lowest BCUT2D eigenvalue weighted by molar-refractivity contribution is 0.982. The van der Waals surface area contributed by atoms with Gasteiger partial charge in [0.2, 0.25) is 0 Å². The Hall–Kier alpha value is -7.47. The van der Waals surface area contributed by atoms with Gasteiger partial charge in [0.25, 0.3) is 0 Å². The topological polar surface area (TPSA) is 27.0 Å². The average molecular weight is 711 g/mol. The summed E-state index contributed by atoms with van der Waals surface area (Å²) in [4.78, 5) is 2.40. The Kier molecular flexibility index (Phi) is 7.34. The maximum absolute atomic E-state index is 10.1. The van der Waals surface area contributed by atoms with Crippen molar-refractivity contribution >= 4 is 54.5 Å². The van der Waals surface area contributed by atoms with Gasteiger partial charge in [-0.05, 0) is 113 Å². The summed E-state index contributed by atoms with van der Waals surface area (Å²) < 4.78 is 0. The van der Waals surface area contributed by atoms with Crippen LogP contribution in [0.3, 0.4) is 0 Å². The predicted octanol–water partition coefficient (Wildman–Crippen LogP) is 14.5. The fraction of sp³-hybridized carbons (Fsp3) is 0.0185. The lowest BCUT2D eigenvalue weighted by atomic mass is 9.84. The summed E-state index contributed by atoms with van der Waals surface area (Å²) in [5, 5.41) is 19.7. The second kappa shape index (κ2) is 12.8. The van der Waals surface area contributed by atoms with E-state index in [4.69, 9.17) is 0 Å². The van der Waals surface area contributed by atoms with Crippen molar-refractivity contribution in [1.82, 2.24) is 0 Å². The van der Waals surface area contributed by atoms with Crippen LogP contribution < -0.4 is 4.90 Å². The number of nitrogens with zero attached hydrogens (tertiary/aromatic N) is 2. The number of rotatable bonds is 5. The van der Waals surface area contributed by atoms with E-state index in [9.17, 15) is 5.26 Å². The van der Waals surface area contributed by atoms with Gasteiger partial charge in [0.1, 0.15) is 0 Å². The van der Waals surface area contributed by atoms with Crippen LogP contribution in [0.5, 0.6) is 0 Å². The van der Waals surface area contributed by atoms with Crippen molar-refractivity contribution in [3.63, 3.8) is 0 Å². The zero-order chi connectivity index (χ0) is 37.2. The summed E-state index contributed by atoms with van der Waals surface area (Å²) >= 11 is 0. The number of fused-ring (bicyclic) bond motifs is 2. The van der Waals surface area contributed by atoms with E-state index in [0.717, 1.165) is 23.2 Å². The third-order valence-corrected chi connectivity index (χ3v) is 11.7. The Bertz CT molecular complexity index is 3200. The number of benzene rings is 10. The molecule has 0 aliphatic carbocycles. The van der Waals surface area contributed by atoms with Gasteiger partial charge < -0.3 is 4.90 Å². The number of anilines is 2. The molecular formula is C54H34N2. The molecule has 0 saturated carbocycles. The van der Waals surface area contributed by atoms with E-state index in [2.05, 4.69) is 199 Å². The highest BCUT2D eigenvalue weighted by Crippen LogP contribution is 2.48. The maximum Gasteiger partial charge on any atom is 0.0998 e. The van der Waals surface area contributed by atoms with Crippen LogP contribution in [0, 0.1) is 11.3 Å². The van der Waals surface area contributed by atoms with E-state index in [1.807, 2.05) is 6.07 Å². The first-order valence-electron chi connectivity index (χ1n) is 19.2. The number of hydrogen-bond donors (Lipinski definition) is 0. The minimum atomic E-state index is 0.717. The molecular weight excluding hydrogens is 677 g/mol. The van der Waals surface area contributed by atoms with Crippen LogP contribution in [0.2, 0.25) is 0 Å². The average Bonchev–Trinajstić information content (AvgIpc) is 3.27. The van der Waals surface area contributed by atoms with Crippen LogP contribution in [0.1, 0.15) is 11.1 Å². The number of hydrogen-bond acceptors (Lipinski definition) is 2. The molecule has 260 valence electrons. The highest BCUT2D eigenvalue weighted by Gasteiger charge is 2.25. The number of nitriles is 1. The van der Waals surface area contributed by atoms with Crippen LogP contribution in [-0.4, -0.2) is 0 Å². The molecule has 0 aromatic heterocycles. The van der Waals surface area contributed by atoms with Gasteiger partial charge in [-0.2, -0.15) is 5.26 Å². The minimum absolute atomic E-state index is 0.717. The Labute approximate surface area is 325 Å². The molecule has 0 atom stereocenters. The highest BCUT2D eigenvalue weighted by atomic mass is 15.1. The highest BCUT2D eigenvalue weighted by molar-refractivity contribution is 6.23. The first-order valence-corrected chi connectivity index (χ1v) is 19.2. The summed E-state index contributed by atoms with van der Waals surface area (Å²) in [6, 6.07) is 72.5. The molecule has 0 bridgehead atoms.